The van der Waals surface area contributed by atoms with E-state index in [1.165, 1.54) is 11.2 Å². The third-order valence-electron chi connectivity index (χ3n) is 0.801. The molecular formula is C6H10ClNO2. The van der Waals surface area contributed by atoms with Gasteiger partial charge in [-0.15, -0.1) is 0 Å². The fraction of sp³-hybridized carbons (Fsp3) is 0.500. The summed E-state index contributed by atoms with van der Waals surface area (Å²) in [6.07, 6.45) is 3.23. The maximum absolute atomic E-state index is 10.3. The molecule has 0 N–H and O–H groups in total. The van der Waals surface area contributed by atoms with Crippen LogP contribution in [-0.2, 0) is 4.74 Å². The Morgan fingerprint density at radius 2 is 2.40 bits per heavy atom. The van der Waals surface area contributed by atoms with Gasteiger partial charge in [-0.3, -0.25) is 9.69 Å². The Bertz CT molecular complexity index is 136. The van der Waals surface area contributed by atoms with Crippen LogP contribution in [0.2, 0.25) is 0 Å². The van der Waals surface area contributed by atoms with E-state index in [0.717, 1.165) is 0 Å². The maximum atomic E-state index is 10.3. The lowest BCUT2D eigenvalue weighted by molar-refractivity contribution is 0.137. The molecule has 0 unspecified atom stereocenters. The van der Waals surface area contributed by atoms with Gasteiger partial charge in [-0.1, -0.05) is 6.08 Å². The Morgan fingerprint density at radius 3 is 2.80 bits per heavy atom. The van der Waals surface area contributed by atoms with Gasteiger partial charge in [0, 0.05) is 7.05 Å². The SMILES string of the molecule is CC=COCN(C)C(=O)Cl. The zero-order chi connectivity index (χ0) is 7.98. The molecule has 0 aromatic rings. The zero-order valence-corrected chi connectivity index (χ0v) is 6.76. The monoisotopic (exact) mass is 163 g/mol. The van der Waals surface area contributed by atoms with Crippen LogP contribution in [0, 0.1) is 0 Å². The largest absolute Gasteiger partial charge is 0.481 e. The average Bonchev–Trinajstić information content (AvgIpc) is 1.88. The van der Waals surface area contributed by atoms with Crippen LogP contribution in [0.5, 0.6) is 0 Å². The van der Waals surface area contributed by atoms with Crippen molar-refractivity contribution in [3.8, 4) is 0 Å². The molecule has 10 heavy (non-hydrogen) atoms. The predicted molar refractivity (Wildman–Crippen MR) is 39.8 cm³/mol. The molecular weight excluding hydrogens is 154 g/mol. The molecule has 4 heteroatoms. The molecule has 0 fully saturated rings. The van der Waals surface area contributed by atoms with Crippen LogP contribution in [-0.4, -0.2) is 24.0 Å². The number of rotatable bonds is 3. The van der Waals surface area contributed by atoms with E-state index in [1.807, 2.05) is 6.92 Å². The molecule has 0 saturated heterocycles. The van der Waals surface area contributed by atoms with E-state index in [2.05, 4.69) is 0 Å². The standard InChI is InChI=1S/C6H10ClNO2/c1-3-4-10-5-8(2)6(7)9/h3-4H,5H2,1-2H3. The molecule has 0 saturated carbocycles. The van der Waals surface area contributed by atoms with Gasteiger partial charge in [0.25, 0.3) is 0 Å². The third-order valence-corrected chi connectivity index (χ3v) is 1.09. The van der Waals surface area contributed by atoms with E-state index >= 15 is 0 Å². The van der Waals surface area contributed by atoms with Gasteiger partial charge in [0.1, 0.15) is 0 Å². The molecule has 1 amide bonds. The number of amides is 1. The summed E-state index contributed by atoms with van der Waals surface area (Å²) in [5.41, 5.74) is 0. The summed E-state index contributed by atoms with van der Waals surface area (Å²) < 4.78 is 4.85. The van der Waals surface area contributed by atoms with Crippen molar-refractivity contribution in [3.63, 3.8) is 0 Å². The Hall–Kier alpha value is -0.700. The predicted octanol–water partition coefficient (Wildman–Crippen LogP) is 1.78. The molecule has 0 aliphatic carbocycles. The molecule has 0 atom stereocenters. The number of hydrogen-bond donors (Lipinski definition) is 0. The van der Waals surface area contributed by atoms with Crippen molar-refractivity contribution in [1.29, 1.82) is 0 Å². The van der Waals surface area contributed by atoms with Gasteiger partial charge in [0.05, 0.1) is 6.26 Å². The van der Waals surface area contributed by atoms with Gasteiger partial charge < -0.3 is 4.74 Å². The lowest BCUT2D eigenvalue weighted by Gasteiger charge is -2.11. The van der Waals surface area contributed by atoms with Crippen LogP contribution in [0.3, 0.4) is 0 Å². The summed E-state index contributed by atoms with van der Waals surface area (Å²) in [7, 11) is 1.55. The van der Waals surface area contributed by atoms with Crippen molar-refractivity contribution < 1.29 is 9.53 Å². The number of halogens is 1. The Balaban J connectivity index is 3.39. The van der Waals surface area contributed by atoms with Crippen molar-refractivity contribution in [1.82, 2.24) is 4.90 Å². The lowest BCUT2D eigenvalue weighted by Crippen LogP contribution is -2.22. The summed E-state index contributed by atoms with van der Waals surface area (Å²) in [4.78, 5) is 11.6. The van der Waals surface area contributed by atoms with E-state index < -0.39 is 5.37 Å². The van der Waals surface area contributed by atoms with Crippen LogP contribution in [0.15, 0.2) is 12.3 Å². The van der Waals surface area contributed by atoms with Gasteiger partial charge >= 0.3 is 5.37 Å². The molecule has 3 nitrogen and oxygen atoms in total. The molecule has 0 aliphatic rings. The number of allylic oxidation sites excluding steroid dienone is 1. The van der Waals surface area contributed by atoms with E-state index in [0.29, 0.717) is 0 Å². The van der Waals surface area contributed by atoms with E-state index in [-0.39, 0.29) is 6.73 Å². The number of carbonyl (C=O) groups excluding carboxylic acids is 1. The molecule has 0 bridgehead atoms. The summed E-state index contributed by atoms with van der Waals surface area (Å²) in [6, 6.07) is 0. The minimum atomic E-state index is -0.524. The fourth-order valence-corrected chi connectivity index (χ4v) is 0.351. The van der Waals surface area contributed by atoms with Crippen molar-refractivity contribution in [2.75, 3.05) is 13.8 Å². The average molecular weight is 164 g/mol. The molecule has 0 rings (SSSR count). The van der Waals surface area contributed by atoms with Gasteiger partial charge in [0.2, 0.25) is 0 Å². The fourth-order valence-electron chi connectivity index (χ4n) is 0.302. The quantitative estimate of drug-likeness (QED) is 0.275. The maximum Gasteiger partial charge on any atom is 0.318 e. The number of hydrogen-bond acceptors (Lipinski definition) is 2. The van der Waals surface area contributed by atoms with Gasteiger partial charge in [-0.2, -0.15) is 0 Å². The van der Waals surface area contributed by atoms with Gasteiger partial charge in [-0.05, 0) is 18.5 Å². The van der Waals surface area contributed by atoms with Crippen LogP contribution in [0.4, 0.5) is 4.79 Å². The van der Waals surface area contributed by atoms with Crippen molar-refractivity contribution in [2.45, 2.75) is 6.92 Å². The molecule has 58 valence electrons. The van der Waals surface area contributed by atoms with Crippen molar-refractivity contribution in [3.05, 3.63) is 12.3 Å². The van der Waals surface area contributed by atoms with Gasteiger partial charge in [-0.25, -0.2) is 0 Å². The second-order valence-electron chi connectivity index (χ2n) is 1.72. The lowest BCUT2D eigenvalue weighted by atomic mass is 10.7. The Labute approximate surface area is 65.2 Å². The normalized spacial score (nSPS) is 9.90. The highest BCUT2D eigenvalue weighted by Crippen LogP contribution is 1.91. The molecule has 0 radical (unpaired) electrons. The first-order chi connectivity index (χ1) is 4.68. The van der Waals surface area contributed by atoms with Crippen LogP contribution in [0.1, 0.15) is 6.92 Å². The molecule has 0 aromatic carbocycles. The van der Waals surface area contributed by atoms with E-state index in [9.17, 15) is 4.79 Å². The minimum absolute atomic E-state index is 0.187. The van der Waals surface area contributed by atoms with Crippen LogP contribution < -0.4 is 0 Å². The Kier molecular flexibility index (Phi) is 4.76. The Morgan fingerprint density at radius 1 is 1.80 bits per heavy atom. The number of nitrogens with zero attached hydrogens (tertiary/aromatic N) is 1. The molecule has 0 aromatic heterocycles. The second kappa shape index (κ2) is 5.11. The number of ether oxygens (including phenoxy) is 1. The summed E-state index contributed by atoms with van der Waals surface area (Å²) >= 11 is 5.09. The highest BCUT2D eigenvalue weighted by molar-refractivity contribution is 6.62. The van der Waals surface area contributed by atoms with E-state index in [4.69, 9.17) is 16.3 Å². The van der Waals surface area contributed by atoms with E-state index in [1.54, 1.807) is 13.1 Å². The minimum Gasteiger partial charge on any atom is -0.481 e. The second-order valence-corrected chi connectivity index (χ2v) is 2.04. The first kappa shape index (κ1) is 9.30. The smallest absolute Gasteiger partial charge is 0.318 e. The van der Waals surface area contributed by atoms with Crippen molar-refractivity contribution >= 4 is 17.0 Å². The van der Waals surface area contributed by atoms with Crippen LogP contribution in [0.25, 0.3) is 0 Å². The summed E-state index contributed by atoms with van der Waals surface area (Å²) in [5, 5.41) is -0.524. The molecule has 0 aliphatic heterocycles. The zero-order valence-electron chi connectivity index (χ0n) is 6.00. The van der Waals surface area contributed by atoms with Crippen LogP contribution >= 0.6 is 11.6 Å². The number of carbonyl (C=O) groups is 1. The first-order valence-electron chi connectivity index (χ1n) is 2.82. The highest BCUT2D eigenvalue weighted by atomic mass is 35.5. The first-order valence-corrected chi connectivity index (χ1v) is 3.19. The summed E-state index contributed by atoms with van der Waals surface area (Å²) in [6.45, 7) is 2.01. The van der Waals surface area contributed by atoms with Crippen molar-refractivity contribution in [2.24, 2.45) is 0 Å². The summed E-state index contributed by atoms with van der Waals surface area (Å²) in [5.74, 6) is 0. The topological polar surface area (TPSA) is 29.5 Å². The highest BCUT2D eigenvalue weighted by Gasteiger charge is 2.01. The molecule has 0 spiro atoms. The van der Waals surface area contributed by atoms with Gasteiger partial charge in [0.15, 0.2) is 6.73 Å². The molecule has 0 heterocycles. The third kappa shape index (κ3) is 4.21.